The fourth-order valence-electron chi connectivity index (χ4n) is 2.28. The van der Waals surface area contributed by atoms with Crippen LogP contribution in [0.5, 0.6) is 0 Å². The summed E-state index contributed by atoms with van der Waals surface area (Å²) in [6, 6.07) is 4.12. The van der Waals surface area contributed by atoms with Crippen LogP contribution in [0.1, 0.15) is 30.9 Å². The predicted octanol–water partition coefficient (Wildman–Crippen LogP) is 4.29. The standard InChI is InChI=1S/C14H18BrNOS/c1-9-7-10(2)12(11(15)8-9)16-13(17)14(3)5-4-6-18-14/h7-8H,4-6H2,1-3H3,(H,16,17). The van der Waals surface area contributed by atoms with Crippen molar-refractivity contribution in [1.82, 2.24) is 0 Å². The fourth-order valence-corrected chi connectivity index (χ4v) is 4.26. The van der Waals surface area contributed by atoms with Crippen molar-refractivity contribution in [3.05, 3.63) is 27.7 Å². The Morgan fingerprint density at radius 2 is 2.17 bits per heavy atom. The number of carbonyl (C=O) groups is 1. The van der Waals surface area contributed by atoms with E-state index < -0.39 is 0 Å². The van der Waals surface area contributed by atoms with Crippen LogP contribution >= 0.6 is 27.7 Å². The minimum Gasteiger partial charge on any atom is -0.324 e. The van der Waals surface area contributed by atoms with Gasteiger partial charge in [-0.25, -0.2) is 0 Å². The van der Waals surface area contributed by atoms with Crippen molar-refractivity contribution in [3.8, 4) is 0 Å². The number of hydrogen-bond acceptors (Lipinski definition) is 2. The Morgan fingerprint density at radius 1 is 1.44 bits per heavy atom. The summed E-state index contributed by atoms with van der Waals surface area (Å²) in [6.45, 7) is 6.12. The average molecular weight is 328 g/mol. The van der Waals surface area contributed by atoms with E-state index in [4.69, 9.17) is 0 Å². The third kappa shape index (κ3) is 2.75. The van der Waals surface area contributed by atoms with E-state index in [1.807, 2.05) is 19.9 Å². The first-order valence-electron chi connectivity index (χ1n) is 6.14. The minimum absolute atomic E-state index is 0.123. The number of aryl methyl sites for hydroxylation is 2. The van der Waals surface area contributed by atoms with E-state index >= 15 is 0 Å². The molecule has 1 aromatic carbocycles. The van der Waals surface area contributed by atoms with Gasteiger partial charge < -0.3 is 5.32 Å². The lowest BCUT2D eigenvalue weighted by atomic mass is 10.0. The van der Waals surface area contributed by atoms with Crippen molar-refractivity contribution >= 4 is 39.3 Å². The van der Waals surface area contributed by atoms with Crippen molar-refractivity contribution in [2.24, 2.45) is 0 Å². The largest absolute Gasteiger partial charge is 0.324 e. The van der Waals surface area contributed by atoms with Gasteiger partial charge in [0.25, 0.3) is 0 Å². The maximum absolute atomic E-state index is 12.4. The first kappa shape index (κ1) is 13.9. The number of nitrogens with one attached hydrogen (secondary N) is 1. The molecular formula is C14H18BrNOS. The van der Waals surface area contributed by atoms with Crippen LogP contribution in [0.4, 0.5) is 5.69 Å². The molecule has 1 heterocycles. The number of hydrogen-bond donors (Lipinski definition) is 1. The topological polar surface area (TPSA) is 29.1 Å². The van der Waals surface area contributed by atoms with E-state index in [2.05, 4.69) is 34.2 Å². The van der Waals surface area contributed by atoms with Crippen molar-refractivity contribution in [2.45, 2.75) is 38.4 Å². The third-order valence-corrected chi connectivity index (χ3v) is 5.51. The molecule has 2 rings (SSSR count). The summed E-state index contributed by atoms with van der Waals surface area (Å²) < 4.78 is 0.691. The number of amides is 1. The zero-order chi connectivity index (χ0) is 13.3. The van der Waals surface area contributed by atoms with Crippen LogP contribution in [-0.4, -0.2) is 16.4 Å². The summed E-state index contributed by atoms with van der Waals surface area (Å²) >= 11 is 5.29. The SMILES string of the molecule is Cc1cc(C)c(NC(=O)C2(C)CCCS2)c(Br)c1. The quantitative estimate of drug-likeness (QED) is 0.877. The number of benzene rings is 1. The van der Waals surface area contributed by atoms with Crippen molar-refractivity contribution in [3.63, 3.8) is 0 Å². The fraction of sp³-hybridized carbons (Fsp3) is 0.500. The molecule has 1 aliphatic heterocycles. The Kier molecular flexibility index (Phi) is 4.07. The summed E-state index contributed by atoms with van der Waals surface area (Å²) in [5.74, 6) is 1.20. The summed E-state index contributed by atoms with van der Waals surface area (Å²) in [7, 11) is 0. The molecule has 0 spiro atoms. The molecule has 0 aromatic heterocycles. The van der Waals surface area contributed by atoms with Crippen LogP contribution < -0.4 is 5.32 Å². The highest BCUT2D eigenvalue weighted by atomic mass is 79.9. The number of halogens is 1. The van der Waals surface area contributed by atoms with Gasteiger partial charge in [-0.2, -0.15) is 0 Å². The second-order valence-electron chi connectivity index (χ2n) is 5.08. The summed E-state index contributed by atoms with van der Waals surface area (Å²) in [5, 5.41) is 3.08. The van der Waals surface area contributed by atoms with E-state index in [9.17, 15) is 4.79 Å². The van der Waals surface area contributed by atoms with Gasteiger partial charge in [-0.3, -0.25) is 4.79 Å². The van der Waals surface area contributed by atoms with E-state index in [1.165, 1.54) is 5.56 Å². The molecule has 1 fully saturated rings. The second kappa shape index (κ2) is 5.25. The Balaban J connectivity index is 2.22. The maximum Gasteiger partial charge on any atom is 0.240 e. The molecule has 1 amide bonds. The minimum atomic E-state index is -0.267. The van der Waals surface area contributed by atoms with Gasteiger partial charge in [0.05, 0.1) is 10.4 Å². The average Bonchev–Trinajstić information content (AvgIpc) is 2.71. The Bertz CT molecular complexity index is 458. The lowest BCUT2D eigenvalue weighted by molar-refractivity contribution is -0.118. The predicted molar refractivity (Wildman–Crippen MR) is 82.3 cm³/mol. The van der Waals surface area contributed by atoms with Crippen LogP contribution in [0.2, 0.25) is 0 Å². The Morgan fingerprint density at radius 3 is 2.72 bits per heavy atom. The van der Waals surface area contributed by atoms with Crippen molar-refractivity contribution < 1.29 is 4.79 Å². The molecular weight excluding hydrogens is 310 g/mol. The summed E-state index contributed by atoms with van der Waals surface area (Å²) in [4.78, 5) is 12.4. The monoisotopic (exact) mass is 327 g/mol. The molecule has 18 heavy (non-hydrogen) atoms. The van der Waals surface area contributed by atoms with Crippen LogP contribution in [0.15, 0.2) is 16.6 Å². The van der Waals surface area contributed by atoms with Crippen molar-refractivity contribution in [2.75, 3.05) is 11.1 Å². The van der Waals surface area contributed by atoms with Gasteiger partial charge in [-0.05, 0) is 72.5 Å². The molecule has 1 aliphatic rings. The molecule has 0 radical (unpaired) electrons. The van der Waals surface area contributed by atoms with Gasteiger partial charge in [0, 0.05) is 4.47 Å². The van der Waals surface area contributed by atoms with Gasteiger partial charge in [0.2, 0.25) is 5.91 Å². The van der Waals surface area contributed by atoms with E-state index in [1.54, 1.807) is 11.8 Å². The van der Waals surface area contributed by atoms with E-state index in [0.29, 0.717) is 0 Å². The third-order valence-electron chi connectivity index (χ3n) is 3.37. The van der Waals surface area contributed by atoms with Gasteiger partial charge in [-0.15, -0.1) is 11.8 Å². The molecule has 0 aliphatic carbocycles. The molecule has 0 saturated carbocycles. The lowest BCUT2D eigenvalue weighted by Crippen LogP contribution is -2.35. The molecule has 98 valence electrons. The number of anilines is 1. The Hall–Kier alpha value is -0.480. The van der Waals surface area contributed by atoms with Crippen LogP contribution in [0, 0.1) is 13.8 Å². The first-order chi connectivity index (χ1) is 8.42. The van der Waals surface area contributed by atoms with Crippen LogP contribution in [0.25, 0.3) is 0 Å². The zero-order valence-corrected chi connectivity index (χ0v) is 13.4. The molecule has 1 atom stereocenters. The number of carbonyl (C=O) groups excluding carboxylic acids is 1. The zero-order valence-electron chi connectivity index (χ0n) is 11.0. The summed E-state index contributed by atoms with van der Waals surface area (Å²) in [6.07, 6.45) is 2.09. The normalized spacial score (nSPS) is 23.1. The highest BCUT2D eigenvalue weighted by molar-refractivity contribution is 9.10. The van der Waals surface area contributed by atoms with E-state index in [-0.39, 0.29) is 10.7 Å². The summed E-state index contributed by atoms with van der Waals surface area (Å²) in [5.41, 5.74) is 3.19. The first-order valence-corrected chi connectivity index (χ1v) is 7.92. The van der Waals surface area contributed by atoms with Gasteiger partial charge >= 0.3 is 0 Å². The molecule has 1 saturated heterocycles. The van der Waals surface area contributed by atoms with Crippen LogP contribution in [-0.2, 0) is 4.79 Å². The smallest absolute Gasteiger partial charge is 0.240 e. The highest BCUT2D eigenvalue weighted by Gasteiger charge is 2.37. The lowest BCUT2D eigenvalue weighted by Gasteiger charge is -2.22. The number of rotatable bonds is 2. The van der Waals surface area contributed by atoms with Crippen LogP contribution in [0.3, 0.4) is 0 Å². The molecule has 0 bridgehead atoms. The maximum atomic E-state index is 12.4. The van der Waals surface area contributed by atoms with Gasteiger partial charge in [-0.1, -0.05) is 6.07 Å². The molecule has 1 N–H and O–H groups in total. The molecule has 4 heteroatoms. The number of thioether (sulfide) groups is 1. The van der Waals surface area contributed by atoms with Gasteiger partial charge in [0.15, 0.2) is 0 Å². The van der Waals surface area contributed by atoms with Crippen molar-refractivity contribution in [1.29, 1.82) is 0 Å². The molecule has 1 unspecified atom stereocenters. The molecule has 2 nitrogen and oxygen atoms in total. The Labute approximate surface area is 121 Å². The second-order valence-corrected chi connectivity index (χ2v) is 7.53. The van der Waals surface area contributed by atoms with Gasteiger partial charge in [0.1, 0.15) is 0 Å². The van der Waals surface area contributed by atoms with E-state index in [0.717, 1.165) is 34.3 Å². The molecule has 1 aromatic rings. The highest BCUT2D eigenvalue weighted by Crippen LogP contribution is 2.39.